The third-order valence-corrected chi connectivity index (χ3v) is 3.22. The Morgan fingerprint density at radius 1 is 1.24 bits per heavy atom. The molecule has 0 amide bonds. The van der Waals surface area contributed by atoms with Gasteiger partial charge in [-0.1, -0.05) is 13.0 Å². The number of hydrogen-bond donors (Lipinski definition) is 0. The quantitative estimate of drug-likeness (QED) is 0.735. The van der Waals surface area contributed by atoms with E-state index in [1.54, 1.807) is 31.3 Å². The molecule has 0 fully saturated rings. The fourth-order valence-corrected chi connectivity index (χ4v) is 2.14. The van der Waals surface area contributed by atoms with Gasteiger partial charge in [-0.3, -0.25) is 9.48 Å². The highest BCUT2D eigenvalue weighted by molar-refractivity contribution is 5.97. The number of aryl methyl sites for hydroxylation is 1. The number of Topliss-reactive ketones (excluding diaryl/α,β-unsaturated/α-hetero) is 1. The van der Waals surface area contributed by atoms with Crippen molar-refractivity contribution in [2.75, 3.05) is 14.2 Å². The van der Waals surface area contributed by atoms with Crippen molar-refractivity contribution in [1.82, 2.24) is 9.78 Å². The number of aromatic nitrogens is 2. The highest BCUT2D eigenvalue weighted by Crippen LogP contribution is 2.28. The number of rotatable bonds is 7. The van der Waals surface area contributed by atoms with Crippen LogP contribution in [0.4, 0.5) is 0 Å². The third-order valence-electron chi connectivity index (χ3n) is 3.22. The molecular formula is C16H20N2O3. The topological polar surface area (TPSA) is 53.4 Å². The molecule has 0 radical (unpaired) electrons. The second-order valence-electron chi connectivity index (χ2n) is 4.78. The highest BCUT2D eigenvalue weighted by atomic mass is 16.5. The molecule has 0 unspecified atom stereocenters. The maximum absolute atomic E-state index is 12.3. The minimum absolute atomic E-state index is 0.0459. The molecule has 2 rings (SSSR count). The van der Waals surface area contributed by atoms with Gasteiger partial charge in [-0.25, -0.2) is 0 Å². The number of carbonyl (C=O) groups is 1. The summed E-state index contributed by atoms with van der Waals surface area (Å²) in [5.74, 6) is 1.33. The number of nitrogens with zero attached hydrogens (tertiary/aromatic N) is 2. The second-order valence-corrected chi connectivity index (χ2v) is 4.78. The number of carbonyl (C=O) groups excluding carboxylic acids is 1. The molecule has 2 aromatic rings. The van der Waals surface area contributed by atoms with Crippen LogP contribution in [-0.4, -0.2) is 29.8 Å². The second kappa shape index (κ2) is 6.92. The van der Waals surface area contributed by atoms with Gasteiger partial charge in [0.25, 0.3) is 0 Å². The summed E-state index contributed by atoms with van der Waals surface area (Å²) in [7, 11) is 3.17. The summed E-state index contributed by atoms with van der Waals surface area (Å²) in [5.41, 5.74) is 1.53. The summed E-state index contributed by atoms with van der Waals surface area (Å²) in [6.07, 6.45) is 4.73. The van der Waals surface area contributed by atoms with E-state index in [-0.39, 0.29) is 5.78 Å². The number of benzene rings is 1. The van der Waals surface area contributed by atoms with Gasteiger partial charge in [-0.2, -0.15) is 5.10 Å². The molecule has 0 spiro atoms. The number of ether oxygens (including phenoxy) is 2. The first-order valence-corrected chi connectivity index (χ1v) is 6.94. The first-order valence-electron chi connectivity index (χ1n) is 6.94. The lowest BCUT2D eigenvalue weighted by Gasteiger charge is -2.08. The lowest BCUT2D eigenvalue weighted by Crippen LogP contribution is -2.03. The minimum Gasteiger partial charge on any atom is -0.493 e. The Bertz CT molecular complexity index is 620. The number of methoxy groups -OCH3 is 2. The van der Waals surface area contributed by atoms with Crippen molar-refractivity contribution in [1.29, 1.82) is 0 Å². The van der Waals surface area contributed by atoms with Crippen LogP contribution in [0.1, 0.15) is 29.3 Å². The zero-order chi connectivity index (χ0) is 15.2. The van der Waals surface area contributed by atoms with Crippen molar-refractivity contribution in [3.8, 4) is 11.5 Å². The molecule has 0 bridgehead atoms. The first-order chi connectivity index (χ1) is 10.2. The van der Waals surface area contributed by atoms with E-state index in [1.807, 2.05) is 18.2 Å². The van der Waals surface area contributed by atoms with Crippen molar-refractivity contribution in [2.45, 2.75) is 26.3 Å². The van der Waals surface area contributed by atoms with Gasteiger partial charge >= 0.3 is 0 Å². The molecule has 112 valence electrons. The average molecular weight is 288 g/mol. The minimum atomic E-state index is 0.0459. The normalized spacial score (nSPS) is 10.4. The van der Waals surface area contributed by atoms with Crippen LogP contribution in [0.3, 0.4) is 0 Å². The van der Waals surface area contributed by atoms with Gasteiger partial charge in [0.2, 0.25) is 0 Å². The van der Waals surface area contributed by atoms with Crippen molar-refractivity contribution in [3.63, 3.8) is 0 Å². The molecule has 0 saturated carbocycles. The van der Waals surface area contributed by atoms with Gasteiger partial charge in [0.05, 0.1) is 26.0 Å². The van der Waals surface area contributed by atoms with Crippen LogP contribution in [0, 0.1) is 0 Å². The van der Waals surface area contributed by atoms with Gasteiger partial charge in [-0.15, -0.1) is 0 Å². The standard InChI is InChI=1S/C16H20N2O3/c1-4-7-18-11-13(10-17-18)14(19)8-12-5-6-15(20-2)16(9-12)21-3/h5-6,9-11H,4,7-8H2,1-3H3. The molecule has 5 nitrogen and oxygen atoms in total. The zero-order valence-corrected chi connectivity index (χ0v) is 12.6. The molecule has 0 atom stereocenters. The molecule has 0 aliphatic rings. The number of hydrogen-bond acceptors (Lipinski definition) is 4. The van der Waals surface area contributed by atoms with Crippen LogP contribution >= 0.6 is 0 Å². The molecule has 0 N–H and O–H groups in total. The maximum atomic E-state index is 12.3. The fourth-order valence-electron chi connectivity index (χ4n) is 2.14. The van der Waals surface area contributed by atoms with Crippen LogP contribution in [0.15, 0.2) is 30.6 Å². The lowest BCUT2D eigenvalue weighted by molar-refractivity contribution is 0.0993. The molecule has 0 saturated heterocycles. The van der Waals surface area contributed by atoms with E-state index >= 15 is 0 Å². The van der Waals surface area contributed by atoms with E-state index in [1.165, 1.54) is 0 Å². The third kappa shape index (κ3) is 3.62. The molecule has 0 aliphatic carbocycles. The zero-order valence-electron chi connectivity index (χ0n) is 12.6. The van der Waals surface area contributed by atoms with E-state index in [4.69, 9.17) is 9.47 Å². The van der Waals surface area contributed by atoms with Crippen LogP contribution in [0.2, 0.25) is 0 Å². The number of ketones is 1. The van der Waals surface area contributed by atoms with Crippen molar-refractivity contribution in [2.24, 2.45) is 0 Å². The van der Waals surface area contributed by atoms with E-state index in [0.717, 1.165) is 18.5 Å². The summed E-state index contributed by atoms with van der Waals surface area (Å²) in [6.45, 7) is 2.90. The Kier molecular flexibility index (Phi) is 4.98. The fraction of sp³-hybridized carbons (Fsp3) is 0.375. The molecule has 0 aliphatic heterocycles. The lowest BCUT2D eigenvalue weighted by atomic mass is 10.1. The van der Waals surface area contributed by atoms with Gasteiger partial charge in [-0.05, 0) is 24.1 Å². The van der Waals surface area contributed by atoms with Crippen molar-refractivity contribution in [3.05, 3.63) is 41.7 Å². The predicted octanol–water partition coefficient (Wildman–Crippen LogP) is 2.74. The molecular weight excluding hydrogens is 268 g/mol. The molecule has 21 heavy (non-hydrogen) atoms. The van der Waals surface area contributed by atoms with E-state index in [2.05, 4.69) is 12.0 Å². The summed E-state index contributed by atoms with van der Waals surface area (Å²) < 4.78 is 12.2. The van der Waals surface area contributed by atoms with Gasteiger partial charge in [0, 0.05) is 19.2 Å². The largest absolute Gasteiger partial charge is 0.493 e. The van der Waals surface area contributed by atoms with Crippen LogP contribution in [0.5, 0.6) is 11.5 Å². The Morgan fingerprint density at radius 2 is 2.00 bits per heavy atom. The molecule has 1 heterocycles. The van der Waals surface area contributed by atoms with Crippen LogP contribution < -0.4 is 9.47 Å². The molecule has 1 aromatic heterocycles. The van der Waals surface area contributed by atoms with Gasteiger partial charge in [0.1, 0.15) is 0 Å². The average Bonchev–Trinajstić information content (AvgIpc) is 2.96. The van der Waals surface area contributed by atoms with Crippen molar-refractivity contribution < 1.29 is 14.3 Å². The van der Waals surface area contributed by atoms with Crippen molar-refractivity contribution >= 4 is 5.78 Å². The van der Waals surface area contributed by atoms with Gasteiger partial charge in [0.15, 0.2) is 17.3 Å². The Balaban J connectivity index is 2.11. The van der Waals surface area contributed by atoms with E-state index < -0.39 is 0 Å². The summed E-state index contributed by atoms with van der Waals surface area (Å²) >= 11 is 0. The van der Waals surface area contributed by atoms with E-state index in [0.29, 0.717) is 23.5 Å². The Morgan fingerprint density at radius 3 is 2.67 bits per heavy atom. The van der Waals surface area contributed by atoms with Gasteiger partial charge < -0.3 is 9.47 Å². The maximum Gasteiger partial charge on any atom is 0.170 e. The van der Waals surface area contributed by atoms with E-state index in [9.17, 15) is 4.79 Å². The summed E-state index contributed by atoms with van der Waals surface area (Å²) in [6, 6.07) is 5.50. The van der Waals surface area contributed by atoms with Crippen LogP contribution in [-0.2, 0) is 13.0 Å². The Hall–Kier alpha value is -2.30. The summed E-state index contributed by atoms with van der Waals surface area (Å²) in [4.78, 5) is 12.3. The highest BCUT2D eigenvalue weighted by Gasteiger charge is 2.12. The first kappa shape index (κ1) is 15.1. The molecule has 1 aromatic carbocycles. The summed E-state index contributed by atoms with van der Waals surface area (Å²) in [5, 5.41) is 4.18. The SMILES string of the molecule is CCCn1cc(C(=O)Cc2ccc(OC)c(OC)c2)cn1. The Labute approximate surface area is 124 Å². The van der Waals surface area contributed by atoms with Crippen LogP contribution in [0.25, 0.3) is 0 Å². The monoisotopic (exact) mass is 288 g/mol. The predicted molar refractivity (Wildman–Crippen MR) is 80.1 cm³/mol. The smallest absolute Gasteiger partial charge is 0.170 e. The molecule has 5 heteroatoms.